The van der Waals surface area contributed by atoms with Gasteiger partial charge in [0.25, 0.3) is 0 Å². The zero-order chi connectivity index (χ0) is 11.5. The summed E-state index contributed by atoms with van der Waals surface area (Å²) in [6.07, 6.45) is 2.51. The molecule has 0 amide bonds. The van der Waals surface area contributed by atoms with Crippen molar-refractivity contribution in [2.75, 3.05) is 0 Å². The summed E-state index contributed by atoms with van der Waals surface area (Å²) in [6.45, 7) is 11.5. The maximum Gasteiger partial charge on any atom is -0.0101 e. The molecule has 84 valence electrons. The molecule has 0 bridgehead atoms. The van der Waals surface area contributed by atoms with E-state index < -0.39 is 0 Å². The number of hydrogen-bond acceptors (Lipinski definition) is 0. The summed E-state index contributed by atoms with van der Waals surface area (Å²) >= 11 is 0. The molecule has 0 nitrogen and oxygen atoms in total. The molecule has 15 heavy (non-hydrogen) atoms. The smallest absolute Gasteiger partial charge is 0.0101 e. The van der Waals surface area contributed by atoms with E-state index in [0.29, 0.717) is 11.3 Å². The van der Waals surface area contributed by atoms with Crippen molar-refractivity contribution in [1.29, 1.82) is 0 Å². The first-order valence-electron chi connectivity index (χ1n) is 6.08. The lowest BCUT2D eigenvalue weighted by Gasteiger charge is -2.28. The van der Waals surface area contributed by atoms with Crippen LogP contribution in [0, 0.1) is 0 Å². The third kappa shape index (κ3) is 2.84. The molecule has 0 heterocycles. The Labute approximate surface area is 94.7 Å². The summed E-state index contributed by atoms with van der Waals surface area (Å²) in [5.74, 6) is 0.623. The normalized spacial score (nSPS) is 12.1. The minimum atomic E-state index is 0.315. The van der Waals surface area contributed by atoms with Crippen molar-refractivity contribution in [1.82, 2.24) is 0 Å². The topological polar surface area (TPSA) is 0 Å². The molecule has 0 aromatic heterocycles. The van der Waals surface area contributed by atoms with Crippen molar-refractivity contribution in [3.05, 3.63) is 35.4 Å². The molecular weight excluding hydrogens is 180 g/mol. The second kappa shape index (κ2) is 4.83. The molecule has 1 rings (SSSR count). The lowest BCUT2D eigenvalue weighted by atomic mass is 9.76. The second-order valence-electron chi connectivity index (χ2n) is 5.38. The molecule has 0 heteroatoms. The van der Waals surface area contributed by atoms with Gasteiger partial charge in [-0.25, -0.2) is 0 Å². The van der Waals surface area contributed by atoms with Crippen LogP contribution in [0.1, 0.15) is 64.5 Å². The van der Waals surface area contributed by atoms with Crippen molar-refractivity contribution in [3.63, 3.8) is 0 Å². The average Bonchev–Trinajstić information content (AvgIpc) is 2.17. The molecule has 1 aromatic rings. The summed E-state index contributed by atoms with van der Waals surface area (Å²) in [5, 5.41) is 0. The van der Waals surface area contributed by atoms with E-state index in [1.165, 1.54) is 24.0 Å². The van der Waals surface area contributed by atoms with Crippen LogP contribution in [0.15, 0.2) is 24.3 Å². The van der Waals surface area contributed by atoms with Gasteiger partial charge in [-0.1, -0.05) is 65.3 Å². The van der Waals surface area contributed by atoms with E-state index in [0.717, 1.165) is 0 Å². The van der Waals surface area contributed by atoms with Crippen molar-refractivity contribution in [2.24, 2.45) is 0 Å². The van der Waals surface area contributed by atoms with Crippen LogP contribution in [0.3, 0.4) is 0 Å². The number of rotatable bonds is 4. The molecule has 0 unspecified atom stereocenters. The van der Waals surface area contributed by atoms with Crippen LogP contribution < -0.4 is 0 Å². The standard InChI is InChI=1S/C15H24/c1-6-11-15(4,5)14-10-8-7-9-13(14)12(2)3/h7-10,12H,6,11H2,1-5H3. The van der Waals surface area contributed by atoms with Crippen LogP contribution in [-0.4, -0.2) is 0 Å². The largest absolute Gasteiger partial charge is 0.0654 e. The van der Waals surface area contributed by atoms with Gasteiger partial charge in [-0.15, -0.1) is 0 Å². The molecule has 0 spiro atoms. The Morgan fingerprint density at radius 1 is 1.13 bits per heavy atom. The molecule has 0 atom stereocenters. The molecule has 0 aliphatic rings. The van der Waals surface area contributed by atoms with Gasteiger partial charge in [-0.05, 0) is 28.9 Å². The molecule has 1 aromatic carbocycles. The predicted octanol–water partition coefficient (Wildman–Crippen LogP) is 4.89. The first kappa shape index (κ1) is 12.3. The minimum absolute atomic E-state index is 0.315. The van der Waals surface area contributed by atoms with E-state index in [1.54, 1.807) is 0 Å². The lowest BCUT2D eigenvalue weighted by Crippen LogP contribution is -2.19. The molecule has 0 aliphatic carbocycles. The maximum absolute atomic E-state index is 2.36. The fourth-order valence-corrected chi connectivity index (χ4v) is 2.38. The van der Waals surface area contributed by atoms with Gasteiger partial charge in [0.15, 0.2) is 0 Å². The maximum atomic E-state index is 2.36. The van der Waals surface area contributed by atoms with Gasteiger partial charge < -0.3 is 0 Å². The van der Waals surface area contributed by atoms with E-state index in [1.807, 2.05) is 0 Å². The number of hydrogen-bond donors (Lipinski definition) is 0. The third-order valence-electron chi connectivity index (χ3n) is 3.19. The van der Waals surface area contributed by atoms with Gasteiger partial charge >= 0.3 is 0 Å². The molecule has 0 radical (unpaired) electrons. The van der Waals surface area contributed by atoms with Gasteiger partial charge in [0.05, 0.1) is 0 Å². The first-order valence-corrected chi connectivity index (χ1v) is 6.08. The highest BCUT2D eigenvalue weighted by atomic mass is 14.3. The first-order chi connectivity index (χ1) is 6.99. The molecule has 0 aliphatic heterocycles. The Balaban J connectivity index is 3.12. The van der Waals surface area contributed by atoms with Crippen LogP contribution >= 0.6 is 0 Å². The zero-order valence-corrected chi connectivity index (χ0v) is 10.8. The van der Waals surface area contributed by atoms with E-state index in [2.05, 4.69) is 58.9 Å². The monoisotopic (exact) mass is 204 g/mol. The van der Waals surface area contributed by atoms with E-state index in [4.69, 9.17) is 0 Å². The fraction of sp³-hybridized carbons (Fsp3) is 0.600. The molecular formula is C15H24. The fourth-order valence-electron chi connectivity index (χ4n) is 2.38. The van der Waals surface area contributed by atoms with Crippen LogP contribution in [-0.2, 0) is 5.41 Å². The summed E-state index contributed by atoms with van der Waals surface area (Å²) in [6, 6.07) is 8.89. The summed E-state index contributed by atoms with van der Waals surface area (Å²) < 4.78 is 0. The van der Waals surface area contributed by atoms with Crippen LogP contribution in [0.25, 0.3) is 0 Å². The third-order valence-corrected chi connectivity index (χ3v) is 3.19. The highest BCUT2D eigenvalue weighted by Gasteiger charge is 2.22. The highest BCUT2D eigenvalue weighted by Crippen LogP contribution is 2.33. The number of benzene rings is 1. The molecule has 0 N–H and O–H groups in total. The van der Waals surface area contributed by atoms with E-state index in [9.17, 15) is 0 Å². The van der Waals surface area contributed by atoms with E-state index in [-0.39, 0.29) is 0 Å². The van der Waals surface area contributed by atoms with Gasteiger partial charge in [0.2, 0.25) is 0 Å². The van der Waals surface area contributed by atoms with Crippen molar-refractivity contribution in [3.8, 4) is 0 Å². The van der Waals surface area contributed by atoms with E-state index >= 15 is 0 Å². The molecule has 0 fully saturated rings. The Bertz CT molecular complexity index is 308. The van der Waals surface area contributed by atoms with Crippen LogP contribution in [0.5, 0.6) is 0 Å². The quantitative estimate of drug-likeness (QED) is 0.655. The van der Waals surface area contributed by atoms with Crippen molar-refractivity contribution < 1.29 is 0 Å². The Hall–Kier alpha value is -0.780. The van der Waals surface area contributed by atoms with Gasteiger partial charge in [0.1, 0.15) is 0 Å². The van der Waals surface area contributed by atoms with Crippen molar-refractivity contribution in [2.45, 2.75) is 58.8 Å². The molecule has 0 saturated carbocycles. The van der Waals surface area contributed by atoms with Gasteiger partial charge in [0, 0.05) is 0 Å². The second-order valence-corrected chi connectivity index (χ2v) is 5.38. The minimum Gasteiger partial charge on any atom is -0.0654 e. The SMILES string of the molecule is CCCC(C)(C)c1ccccc1C(C)C. The summed E-state index contributed by atoms with van der Waals surface area (Å²) in [5.41, 5.74) is 3.35. The van der Waals surface area contributed by atoms with Gasteiger partial charge in [-0.2, -0.15) is 0 Å². The Morgan fingerprint density at radius 2 is 1.73 bits per heavy atom. The van der Waals surface area contributed by atoms with Crippen LogP contribution in [0.4, 0.5) is 0 Å². The summed E-state index contributed by atoms with van der Waals surface area (Å²) in [4.78, 5) is 0. The van der Waals surface area contributed by atoms with Crippen LogP contribution in [0.2, 0.25) is 0 Å². The Kier molecular flexibility index (Phi) is 3.96. The summed E-state index contributed by atoms with van der Waals surface area (Å²) in [7, 11) is 0. The van der Waals surface area contributed by atoms with Gasteiger partial charge in [-0.3, -0.25) is 0 Å². The molecule has 0 saturated heterocycles. The average molecular weight is 204 g/mol. The Morgan fingerprint density at radius 3 is 2.27 bits per heavy atom. The van der Waals surface area contributed by atoms with Crippen molar-refractivity contribution >= 4 is 0 Å². The lowest BCUT2D eigenvalue weighted by molar-refractivity contribution is 0.467. The zero-order valence-electron chi connectivity index (χ0n) is 10.8. The predicted molar refractivity (Wildman–Crippen MR) is 68.5 cm³/mol. The highest BCUT2D eigenvalue weighted by molar-refractivity contribution is 5.35.